The van der Waals surface area contributed by atoms with Gasteiger partial charge in [-0.3, -0.25) is 4.79 Å². The molecule has 1 fully saturated rings. The second-order valence-corrected chi connectivity index (χ2v) is 6.49. The van der Waals surface area contributed by atoms with Crippen molar-refractivity contribution >= 4 is 9.84 Å². The zero-order chi connectivity index (χ0) is 11.9. The lowest BCUT2D eigenvalue weighted by Gasteiger charge is -2.08. The molecule has 16 heavy (non-hydrogen) atoms. The minimum Gasteiger partial charge on any atom is -0.310 e. The quantitative estimate of drug-likeness (QED) is 0.767. The van der Waals surface area contributed by atoms with Crippen molar-refractivity contribution in [1.82, 2.24) is 9.97 Å². The molecule has 0 spiro atoms. The Labute approximate surface area is 93.8 Å². The SMILES string of the molecule is Cc1nc(C2CCS(=O)(=O)C2)[nH]c(=O)c1C. The number of hydrogen-bond acceptors (Lipinski definition) is 4. The van der Waals surface area contributed by atoms with Gasteiger partial charge in [0.1, 0.15) is 5.82 Å². The number of aromatic nitrogens is 2. The molecule has 6 heteroatoms. The van der Waals surface area contributed by atoms with Crippen LogP contribution in [-0.2, 0) is 9.84 Å². The molecule has 2 rings (SSSR count). The molecular weight excluding hydrogens is 228 g/mol. The van der Waals surface area contributed by atoms with Crippen molar-refractivity contribution in [2.24, 2.45) is 0 Å². The Morgan fingerprint density at radius 2 is 2.06 bits per heavy atom. The van der Waals surface area contributed by atoms with Crippen molar-refractivity contribution in [2.45, 2.75) is 26.2 Å². The number of aromatic amines is 1. The third-order valence-electron chi connectivity index (χ3n) is 3.03. The van der Waals surface area contributed by atoms with Gasteiger partial charge in [-0.2, -0.15) is 0 Å². The summed E-state index contributed by atoms with van der Waals surface area (Å²) in [5.41, 5.74) is 1.08. The van der Waals surface area contributed by atoms with Crippen LogP contribution in [0.5, 0.6) is 0 Å². The maximum Gasteiger partial charge on any atom is 0.254 e. The topological polar surface area (TPSA) is 79.9 Å². The summed E-state index contributed by atoms with van der Waals surface area (Å²) in [6, 6.07) is 0. The van der Waals surface area contributed by atoms with Gasteiger partial charge in [0.2, 0.25) is 0 Å². The van der Waals surface area contributed by atoms with E-state index in [-0.39, 0.29) is 23.0 Å². The fourth-order valence-corrected chi connectivity index (χ4v) is 3.62. The van der Waals surface area contributed by atoms with E-state index >= 15 is 0 Å². The van der Waals surface area contributed by atoms with E-state index in [4.69, 9.17) is 0 Å². The van der Waals surface area contributed by atoms with Crippen molar-refractivity contribution < 1.29 is 8.42 Å². The molecule has 1 aromatic rings. The molecule has 1 aliphatic rings. The van der Waals surface area contributed by atoms with Gasteiger partial charge in [0.05, 0.1) is 11.5 Å². The van der Waals surface area contributed by atoms with Gasteiger partial charge in [-0.1, -0.05) is 0 Å². The highest BCUT2D eigenvalue weighted by molar-refractivity contribution is 7.91. The van der Waals surface area contributed by atoms with Crippen LogP contribution in [-0.4, -0.2) is 29.9 Å². The van der Waals surface area contributed by atoms with Gasteiger partial charge < -0.3 is 4.98 Å². The lowest BCUT2D eigenvalue weighted by atomic mass is 10.1. The first-order valence-electron chi connectivity index (χ1n) is 5.17. The molecule has 0 bridgehead atoms. The van der Waals surface area contributed by atoms with Crippen LogP contribution in [0.4, 0.5) is 0 Å². The van der Waals surface area contributed by atoms with Crippen molar-refractivity contribution in [3.05, 3.63) is 27.4 Å². The zero-order valence-electron chi connectivity index (χ0n) is 9.28. The molecule has 2 heterocycles. The standard InChI is InChI=1S/C10H14N2O3S/c1-6-7(2)11-9(12-10(6)13)8-3-4-16(14,15)5-8/h8H,3-5H2,1-2H3,(H,11,12,13). The Morgan fingerprint density at radius 1 is 1.38 bits per heavy atom. The monoisotopic (exact) mass is 242 g/mol. The largest absolute Gasteiger partial charge is 0.310 e. The highest BCUT2D eigenvalue weighted by Gasteiger charge is 2.30. The zero-order valence-corrected chi connectivity index (χ0v) is 10.1. The fraction of sp³-hybridized carbons (Fsp3) is 0.600. The number of nitrogens with one attached hydrogen (secondary N) is 1. The molecule has 0 aliphatic carbocycles. The Balaban J connectivity index is 2.40. The maximum absolute atomic E-state index is 11.5. The lowest BCUT2D eigenvalue weighted by Crippen LogP contribution is -2.19. The molecule has 1 aliphatic heterocycles. The van der Waals surface area contributed by atoms with Crippen molar-refractivity contribution in [3.63, 3.8) is 0 Å². The van der Waals surface area contributed by atoms with Gasteiger partial charge in [-0.05, 0) is 20.3 Å². The van der Waals surface area contributed by atoms with E-state index < -0.39 is 9.84 Å². The summed E-state index contributed by atoms with van der Waals surface area (Å²) in [5, 5.41) is 0. The number of H-pyrrole nitrogens is 1. The van der Waals surface area contributed by atoms with Crippen LogP contribution in [0, 0.1) is 13.8 Å². The minimum absolute atomic E-state index is 0.0957. The molecule has 0 amide bonds. The molecule has 1 unspecified atom stereocenters. The molecule has 5 nitrogen and oxygen atoms in total. The molecule has 1 saturated heterocycles. The molecule has 0 saturated carbocycles. The van der Waals surface area contributed by atoms with Crippen LogP contribution >= 0.6 is 0 Å². The second-order valence-electron chi connectivity index (χ2n) is 4.26. The van der Waals surface area contributed by atoms with Gasteiger partial charge in [0.25, 0.3) is 5.56 Å². The third kappa shape index (κ3) is 2.02. The predicted octanol–water partition coefficient (Wildman–Crippen LogP) is 0.289. The van der Waals surface area contributed by atoms with Crippen molar-refractivity contribution in [3.8, 4) is 0 Å². The van der Waals surface area contributed by atoms with Gasteiger partial charge >= 0.3 is 0 Å². The summed E-state index contributed by atoms with van der Waals surface area (Å²) >= 11 is 0. The average Bonchev–Trinajstić information content (AvgIpc) is 2.54. The highest BCUT2D eigenvalue weighted by atomic mass is 32.2. The smallest absolute Gasteiger partial charge is 0.254 e. The van der Waals surface area contributed by atoms with E-state index in [0.717, 1.165) is 0 Å². The predicted molar refractivity (Wildman–Crippen MR) is 60.3 cm³/mol. The van der Waals surface area contributed by atoms with E-state index in [1.807, 2.05) is 0 Å². The number of nitrogens with zero attached hydrogens (tertiary/aromatic N) is 1. The lowest BCUT2D eigenvalue weighted by molar-refractivity contribution is 0.601. The van der Waals surface area contributed by atoms with Crippen LogP contribution in [0.2, 0.25) is 0 Å². The molecule has 88 valence electrons. The maximum atomic E-state index is 11.5. The first-order chi connectivity index (χ1) is 7.39. The fourth-order valence-electron chi connectivity index (χ4n) is 1.87. The minimum atomic E-state index is -2.94. The van der Waals surface area contributed by atoms with Gasteiger partial charge in [0, 0.05) is 17.2 Å². The Hall–Kier alpha value is -1.17. The van der Waals surface area contributed by atoms with Crippen LogP contribution in [0.15, 0.2) is 4.79 Å². The second kappa shape index (κ2) is 3.69. The first-order valence-corrected chi connectivity index (χ1v) is 6.99. The van der Waals surface area contributed by atoms with Crippen LogP contribution in [0.25, 0.3) is 0 Å². The van der Waals surface area contributed by atoms with Crippen molar-refractivity contribution in [2.75, 3.05) is 11.5 Å². The van der Waals surface area contributed by atoms with E-state index in [1.165, 1.54) is 0 Å². The molecule has 1 N–H and O–H groups in total. The van der Waals surface area contributed by atoms with E-state index in [2.05, 4.69) is 9.97 Å². The molecule has 1 aromatic heterocycles. The number of sulfone groups is 1. The summed E-state index contributed by atoms with van der Waals surface area (Å²) in [4.78, 5) is 18.5. The Bertz CT molecular complexity index is 574. The Morgan fingerprint density at radius 3 is 2.56 bits per heavy atom. The van der Waals surface area contributed by atoms with E-state index in [1.54, 1.807) is 13.8 Å². The van der Waals surface area contributed by atoms with Gasteiger partial charge in [-0.15, -0.1) is 0 Å². The Kier molecular flexibility index (Phi) is 2.61. The number of hydrogen-bond donors (Lipinski definition) is 1. The average molecular weight is 242 g/mol. The van der Waals surface area contributed by atoms with E-state index in [0.29, 0.717) is 23.5 Å². The number of rotatable bonds is 1. The number of aryl methyl sites for hydroxylation is 1. The summed E-state index contributed by atoms with van der Waals surface area (Å²) in [5.74, 6) is 0.637. The molecular formula is C10H14N2O3S. The normalized spacial score (nSPS) is 23.5. The van der Waals surface area contributed by atoms with Crippen LogP contribution in [0.3, 0.4) is 0 Å². The van der Waals surface area contributed by atoms with Crippen LogP contribution < -0.4 is 5.56 Å². The highest BCUT2D eigenvalue weighted by Crippen LogP contribution is 2.25. The summed E-state index contributed by atoms with van der Waals surface area (Å²) in [6.07, 6.45) is 0.549. The van der Waals surface area contributed by atoms with Crippen molar-refractivity contribution in [1.29, 1.82) is 0 Å². The first kappa shape index (κ1) is 11.3. The summed E-state index contributed by atoms with van der Waals surface area (Å²) in [7, 11) is -2.94. The van der Waals surface area contributed by atoms with Crippen LogP contribution in [0.1, 0.15) is 29.4 Å². The molecule has 1 atom stereocenters. The summed E-state index contributed by atoms with van der Waals surface area (Å²) in [6.45, 7) is 3.47. The van der Waals surface area contributed by atoms with Gasteiger partial charge in [-0.25, -0.2) is 13.4 Å². The van der Waals surface area contributed by atoms with Gasteiger partial charge in [0.15, 0.2) is 9.84 Å². The van der Waals surface area contributed by atoms with E-state index in [9.17, 15) is 13.2 Å². The molecule has 0 radical (unpaired) electrons. The summed E-state index contributed by atoms with van der Waals surface area (Å²) < 4.78 is 22.7. The third-order valence-corrected chi connectivity index (χ3v) is 4.80. The molecule has 0 aromatic carbocycles.